The molecule has 0 aromatic heterocycles. The predicted molar refractivity (Wildman–Crippen MR) is 60.1 cm³/mol. The van der Waals surface area contributed by atoms with Gasteiger partial charge in [-0.2, -0.15) is 0 Å². The highest BCUT2D eigenvalue weighted by Gasteiger charge is 2.24. The number of halogens is 6. The highest BCUT2D eigenvalue weighted by molar-refractivity contribution is 5.85. The van der Waals surface area contributed by atoms with E-state index in [1.54, 1.807) is 0 Å². The Morgan fingerprint density at radius 2 is 1.28 bits per heavy atom. The molecule has 104 valence electrons. The number of hydrogen-bond donors (Lipinski definition) is 1. The molecule has 1 aromatic rings. The van der Waals surface area contributed by atoms with Gasteiger partial charge in [-0.3, -0.25) is 0 Å². The van der Waals surface area contributed by atoms with Gasteiger partial charge in [-0.05, 0) is 13.0 Å². The van der Waals surface area contributed by atoms with E-state index in [0.29, 0.717) is 6.54 Å². The number of unbranched alkanes of at least 4 members (excludes halogenated alkanes) is 1. The Labute approximate surface area is 108 Å². The first kappa shape index (κ1) is 17.1. The van der Waals surface area contributed by atoms with Crippen LogP contribution >= 0.6 is 12.4 Å². The summed E-state index contributed by atoms with van der Waals surface area (Å²) in [6.45, 7) is 1.99. The van der Waals surface area contributed by atoms with E-state index in [9.17, 15) is 22.0 Å². The lowest BCUT2D eigenvalue weighted by Crippen LogP contribution is -2.18. The fourth-order valence-corrected chi connectivity index (χ4v) is 1.32. The third-order valence-electron chi connectivity index (χ3n) is 2.31. The molecule has 0 bridgehead atoms. The first-order chi connectivity index (χ1) is 8.00. The van der Waals surface area contributed by atoms with Gasteiger partial charge in [0, 0.05) is 12.1 Å². The summed E-state index contributed by atoms with van der Waals surface area (Å²) in [5.74, 6) is -9.49. The minimum Gasteiger partial charge on any atom is -0.312 e. The molecule has 7 heteroatoms. The molecule has 0 atom stereocenters. The van der Waals surface area contributed by atoms with E-state index in [0.717, 1.165) is 12.8 Å². The molecule has 0 radical (unpaired) electrons. The van der Waals surface area contributed by atoms with Crippen molar-refractivity contribution < 1.29 is 22.0 Å². The Bertz CT molecular complexity index is 382. The third-order valence-corrected chi connectivity index (χ3v) is 2.31. The van der Waals surface area contributed by atoms with Gasteiger partial charge in [0.2, 0.25) is 5.82 Å². The lowest BCUT2D eigenvalue weighted by atomic mass is 10.1. The minimum absolute atomic E-state index is 0. The first-order valence-electron chi connectivity index (χ1n) is 5.21. The molecule has 0 aliphatic carbocycles. The molecule has 1 nitrogen and oxygen atoms in total. The van der Waals surface area contributed by atoms with E-state index in [1.807, 2.05) is 6.92 Å². The maximum atomic E-state index is 13.2. The van der Waals surface area contributed by atoms with E-state index in [1.165, 1.54) is 0 Å². The molecule has 0 amide bonds. The lowest BCUT2D eigenvalue weighted by Gasteiger charge is -2.09. The molecule has 0 aliphatic heterocycles. The molecular weight excluding hydrogens is 277 g/mol. The van der Waals surface area contributed by atoms with Crippen LogP contribution in [0.5, 0.6) is 0 Å². The van der Waals surface area contributed by atoms with Gasteiger partial charge < -0.3 is 5.32 Å². The molecule has 0 saturated heterocycles. The lowest BCUT2D eigenvalue weighted by molar-refractivity contribution is 0.367. The quantitative estimate of drug-likeness (QED) is 0.377. The Kier molecular flexibility index (Phi) is 7.16. The van der Waals surface area contributed by atoms with Crippen molar-refractivity contribution in [1.29, 1.82) is 0 Å². The van der Waals surface area contributed by atoms with Crippen molar-refractivity contribution in [2.45, 2.75) is 26.3 Å². The molecule has 0 saturated carbocycles. The Hall–Kier alpha value is -0.880. The number of rotatable bonds is 5. The van der Waals surface area contributed by atoms with Gasteiger partial charge >= 0.3 is 0 Å². The Morgan fingerprint density at radius 3 is 1.72 bits per heavy atom. The molecule has 0 aliphatic rings. The van der Waals surface area contributed by atoms with Crippen molar-refractivity contribution in [3.8, 4) is 0 Å². The predicted octanol–water partition coefficient (Wildman–Crippen LogP) is 3.69. The monoisotopic (exact) mass is 289 g/mol. The summed E-state index contributed by atoms with van der Waals surface area (Å²) in [7, 11) is 0. The highest BCUT2D eigenvalue weighted by Crippen LogP contribution is 2.22. The van der Waals surface area contributed by atoms with Crippen molar-refractivity contribution in [3.05, 3.63) is 34.6 Å². The van der Waals surface area contributed by atoms with E-state index in [4.69, 9.17) is 0 Å². The Balaban J connectivity index is 0.00000289. The smallest absolute Gasteiger partial charge is 0.200 e. The van der Waals surface area contributed by atoms with Crippen molar-refractivity contribution in [1.82, 2.24) is 5.32 Å². The van der Waals surface area contributed by atoms with Gasteiger partial charge in [0.05, 0.1) is 0 Å². The van der Waals surface area contributed by atoms with E-state index in [-0.39, 0.29) is 19.0 Å². The summed E-state index contributed by atoms with van der Waals surface area (Å²) in [6, 6.07) is 0. The van der Waals surface area contributed by atoms with Crippen LogP contribution in [0.15, 0.2) is 0 Å². The molecular formula is C11H13ClF5N. The van der Waals surface area contributed by atoms with Gasteiger partial charge in [-0.15, -0.1) is 12.4 Å². The number of hydrogen-bond acceptors (Lipinski definition) is 1. The number of benzene rings is 1. The van der Waals surface area contributed by atoms with Gasteiger partial charge in [-0.25, -0.2) is 22.0 Å². The maximum Gasteiger partial charge on any atom is 0.200 e. The molecule has 0 unspecified atom stereocenters. The van der Waals surface area contributed by atoms with Gasteiger partial charge in [0.25, 0.3) is 0 Å². The van der Waals surface area contributed by atoms with Gasteiger partial charge in [0.1, 0.15) is 0 Å². The fourth-order valence-electron chi connectivity index (χ4n) is 1.32. The van der Waals surface area contributed by atoms with E-state index < -0.39 is 34.6 Å². The van der Waals surface area contributed by atoms with Crippen LogP contribution < -0.4 is 5.32 Å². The summed E-state index contributed by atoms with van der Waals surface area (Å²) in [5, 5.41) is 2.62. The van der Waals surface area contributed by atoms with Crippen molar-refractivity contribution in [3.63, 3.8) is 0 Å². The topological polar surface area (TPSA) is 12.0 Å². The van der Waals surface area contributed by atoms with Crippen molar-refractivity contribution in [2.24, 2.45) is 0 Å². The van der Waals surface area contributed by atoms with Crippen LogP contribution in [0, 0.1) is 29.1 Å². The molecule has 0 fully saturated rings. The summed E-state index contributed by atoms with van der Waals surface area (Å²) in [6.07, 6.45) is 1.62. The summed E-state index contributed by atoms with van der Waals surface area (Å²) < 4.78 is 64.6. The van der Waals surface area contributed by atoms with E-state index >= 15 is 0 Å². The van der Waals surface area contributed by atoms with Crippen LogP contribution in [0.1, 0.15) is 25.3 Å². The van der Waals surface area contributed by atoms with Crippen LogP contribution in [-0.2, 0) is 6.54 Å². The fraction of sp³-hybridized carbons (Fsp3) is 0.455. The minimum atomic E-state index is -2.13. The second-order valence-electron chi connectivity index (χ2n) is 3.58. The zero-order valence-electron chi connectivity index (χ0n) is 9.63. The average Bonchev–Trinajstić information content (AvgIpc) is 2.33. The average molecular weight is 290 g/mol. The first-order valence-corrected chi connectivity index (χ1v) is 5.21. The van der Waals surface area contributed by atoms with Crippen molar-refractivity contribution in [2.75, 3.05) is 6.54 Å². The third kappa shape index (κ3) is 3.55. The summed E-state index contributed by atoms with van der Waals surface area (Å²) >= 11 is 0. The molecule has 1 rings (SSSR count). The molecule has 0 spiro atoms. The van der Waals surface area contributed by atoms with Crippen LogP contribution in [0.25, 0.3) is 0 Å². The zero-order valence-corrected chi connectivity index (χ0v) is 10.4. The standard InChI is InChI=1S/C11H12F5N.ClH/c1-2-3-4-17-5-6-7(12)9(14)11(16)10(15)8(6)13;/h17H,2-5H2,1H3;1H. The largest absolute Gasteiger partial charge is 0.312 e. The van der Waals surface area contributed by atoms with Crippen LogP contribution in [0.2, 0.25) is 0 Å². The van der Waals surface area contributed by atoms with Crippen molar-refractivity contribution >= 4 is 12.4 Å². The summed E-state index contributed by atoms with van der Waals surface area (Å²) in [4.78, 5) is 0. The maximum absolute atomic E-state index is 13.2. The second kappa shape index (κ2) is 7.53. The molecule has 1 aromatic carbocycles. The SMILES string of the molecule is CCCCNCc1c(F)c(F)c(F)c(F)c1F.Cl. The number of nitrogens with one attached hydrogen (secondary N) is 1. The summed E-state index contributed by atoms with van der Waals surface area (Å²) in [5.41, 5.74) is -0.822. The van der Waals surface area contributed by atoms with E-state index in [2.05, 4.69) is 5.32 Å². The molecule has 0 heterocycles. The Morgan fingerprint density at radius 1 is 0.833 bits per heavy atom. The van der Waals surface area contributed by atoms with Gasteiger partial charge in [0.15, 0.2) is 23.3 Å². The normalized spacial score (nSPS) is 10.3. The van der Waals surface area contributed by atoms with Gasteiger partial charge in [-0.1, -0.05) is 13.3 Å². The second-order valence-corrected chi connectivity index (χ2v) is 3.58. The van der Waals surface area contributed by atoms with Crippen LogP contribution in [0.4, 0.5) is 22.0 Å². The molecule has 18 heavy (non-hydrogen) atoms. The van der Waals surface area contributed by atoms with Crippen LogP contribution in [-0.4, -0.2) is 6.54 Å². The zero-order chi connectivity index (χ0) is 13.0. The highest BCUT2D eigenvalue weighted by atomic mass is 35.5. The molecule has 1 N–H and O–H groups in total. The van der Waals surface area contributed by atoms with Crippen LogP contribution in [0.3, 0.4) is 0 Å².